The number of hydrogen-bond acceptors (Lipinski definition) is 4. The number of anilines is 1. The fourth-order valence-corrected chi connectivity index (χ4v) is 2.94. The van der Waals surface area contributed by atoms with Crippen molar-refractivity contribution in [1.82, 2.24) is 15.1 Å². The standard InChI is InChI=1S/C15H27N5O/c1-10(2)17-8-12-11(3)18-19(5)13(12)20-7-6-15(4,9-20)14(16)21/h10,17H,6-9H2,1-5H3,(H2,16,21). The highest BCUT2D eigenvalue weighted by molar-refractivity contribution is 5.82. The molecule has 0 spiro atoms. The number of rotatable bonds is 5. The van der Waals surface area contributed by atoms with Crippen molar-refractivity contribution >= 4 is 11.7 Å². The van der Waals surface area contributed by atoms with Gasteiger partial charge in [0, 0.05) is 38.3 Å². The van der Waals surface area contributed by atoms with E-state index >= 15 is 0 Å². The van der Waals surface area contributed by atoms with Gasteiger partial charge in [-0.3, -0.25) is 9.48 Å². The van der Waals surface area contributed by atoms with Crippen molar-refractivity contribution < 1.29 is 4.79 Å². The Morgan fingerprint density at radius 1 is 1.52 bits per heavy atom. The van der Waals surface area contributed by atoms with E-state index in [9.17, 15) is 4.79 Å². The summed E-state index contributed by atoms with van der Waals surface area (Å²) in [6.07, 6.45) is 0.795. The lowest BCUT2D eigenvalue weighted by atomic mass is 9.89. The fraction of sp³-hybridized carbons (Fsp3) is 0.733. The van der Waals surface area contributed by atoms with Crippen LogP contribution in [0.4, 0.5) is 5.82 Å². The van der Waals surface area contributed by atoms with Crippen molar-refractivity contribution in [3.63, 3.8) is 0 Å². The van der Waals surface area contributed by atoms with Crippen molar-refractivity contribution in [2.45, 2.75) is 46.7 Å². The number of nitrogens with zero attached hydrogens (tertiary/aromatic N) is 3. The van der Waals surface area contributed by atoms with Gasteiger partial charge in [-0.1, -0.05) is 13.8 Å². The Kier molecular flexibility index (Phi) is 4.27. The number of carbonyl (C=O) groups is 1. The Hall–Kier alpha value is -1.56. The van der Waals surface area contributed by atoms with Gasteiger partial charge < -0.3 is 16.0 Å². The van der Waals surface area contributed by atoms with Crippen LogP contribution in [0.5, 0.6) is 0 Å². The zero-order valence-electron chi connectivity index (χ0n) is 13.7. The van der Waals surface area contributed by atoms with Crippen LogP contribution in [0.2, 0.25) is 0 Å². The lowest BCUT2D eigenvalue weighted by Gasteiger charge is -2.24. The molecular formula is C15H27N5O. The predicted molar refractivity (Wildman–Crippen MR) is 84.1 cm³/mol. The molecule has 2 rings (SSSR count). The van der Waals surface area contributed by atoms with Gasteiger partial charge in [-0.2, -0.15) is 5.10 Å². The molecule has 1 aromatic rings. The molecule has 1 unspecified atom stereocenters. The van der Waals surface area contributed by atoms with Crippen LogP contribution in [0.3, 0.4) is 0 Å². The Balaban J connectivity index is 2.26. The van der Waals surface area contributed by atoms with Gasteiger partial charge in [-0.05, 0) is 20.3 Å². The first-order valence-corrected chi connectivity index (χ1v) is 7.55. The number of hydrogen-bond donors (Lipinski definition) is 2. The van der Waals surface area contributed by atoms with Crippen molar-refractivity contribution in [1.29, 1.82) is 0 Å². The molecule has 1 fully saturated rings. The molecule has 21 heavy (non-hydrogen) atoms. The van der Waals surface area contributed by atoms with Crippen molar-refractivity contribution in [3.05, 3.63) is 11.3 Å². The molecule has 0 aromatic carbocycles. The Bertz CT molecular complexity index is 536. The lowest BCUT2D eigenvalue weighted by Crippen LogP contribution is -2.37. The molecule has 6 heteroatoms. The summed E-state index contributed by atoms with van der Waals surface area (Å²) < 4.78 is 1.92. The molecular weight excluding hydrogens is 266 g/mol. The van der Waals surface area contributed by atoms with E-state index in [1.165, 1.54) is 5.56 Å². The van der Waals surface area contributed by atoms with Crippen LogP contribution < -0.4 is 16.0 Å². The van der Waals surface area contributed by atoms with Crippen LogP contribution in [-0.2, 0) is 18.4 Å². The molecule has 1 saturated heterocycles. The minimum atomic E-state index is -0.444. The molecule has 0 aliphatic carbocycles. The maximum atomic E-state index is 11.7. The van der Waals surface area contributed by atoms with Crippen LogP contribution >= 0.6 is 0 Å². The maximum absolute atomic E-state index is 11.7. The average Bonchev–Trinajstić information content (AvgIpc) is 2.88. The van der Waals surface area contributed by atoms with Crippen molar-refractivity contribution in [3.8, 4) is 0 Å². The first kappa shape index (κ1) is 15.8. The second-order valence-electron chi connectivity index (χ2n) is 6.64. The average molecular weight is 293 g/mol. The number of amides is 1. The second kappa shape index (κ2) is 5.67. The molecule has 0 radical (unpaired) electrons. The fourth-order valence-electron chi connectivity index (χ4n) is 2.94. The number of carbonyl (C=O) groups excluding carboxylic acids is 1. The van der Waals surface area contributed by atoms with Crippen LogP contribution in [-0.4, -0.2) is 34.8 Å². The largest absolute Gasteiger partial charge is 0.369 e. The molecule has 0 bridgehead atoms. The number of nitrogens with two attached hydrogens (primary N) is 1. The number of nitrogens with one attached hydrogen (secondary N) is 1. The molecule has 6 nitrogen and oxygen atoms in total. The zero-order chi connectivity index (χ0) is 15.8. The molecule has 1 amide bonds. The highest BCUT2D eigenvalue weighted by Gasteiger charge is 2.40. The molecule has 0 saturated carbocycles. The van der Waals surface area contributed by atoms with Crippen LogP contribution in [0.25, 0.3) is 0 Å². The number of aryl methyl sites for hydroxylation is 2. The van der Waals surface area contributed by atoms with Gasteiger partial charge in [0.2, 0.25) is 5.91 Å². The summed E-state index contributed by atoms with van der Waals surface area (Å²) in [5.74, 6) is 0.886. The minimum Gasteiger partial charge on any atom is -0.369 e. The zero-order valence-corrected chi connectivity index (χ0v) is 13.7. The number of primary amides is 1. The van der Waals surface area contributed by atoms with E-state index in [2.05, 4.69) is 29.2 Å². The summed E-state index contributed by atoms with van der Waals surface area (Å²) in [7, 11) is 1.96. The smallest absolute Gasteiger partial charge is 0.225 e. The third kappa shape index (κ3) is 3.05. The quantitative estimate of drug-likeness (QED) is 0.847. The number of aromatic nitrogens is 2. The highest BCUT2D eigenvalue weighted by Crippen LogP contribution is 2.35. The van der Waals surface area contributed by atoms with E-state index in [0.29, 0.717) is 12.6 Å². The monoisotopic (exact) mass is 293 g/mol. The van der Waals surface area contributed by atoms with E-state index in [4.69, 9.17) is 5.73 Å². The van der Waals surface area contributed by atoms with E-state index in [1.807, 2.05) is 25.6 Å². The van der Waals surface area contributed by atoms with Crippen LogP contribution in [0, 0.1) is 12.3 Å². The summed E-state index contributed by atoms with van der Waals surface area (Å²) in [4.78, 5) is 13.9. The third-order valence-corrected chi connectivity index (χ3v) is 4.37. The predicted octanol–water partition coefficient (Wildman–Crippen LogP) is 0.928. The van der Waals surface area contributed by atoms with Gasteiger partial charge in [0.1, 0.15) is 5.82 Å². The van der Waals surface area contributed by atoms with E-state index in [1.54, 1.807) is 0 Å². The summed E-state index contributed by atoms with van der Waals surface area (Å²) >= 11 is 0. The molecule has 1 atom stereocenters. The molecule has 2 heterocycles. The Labute approximate surface area is 126 Å². The molecule has 3 N–H and O–H groups in total. The topological polar surface area (TPSA) is 76.2 Å². The lowest BCUT2D eigenvalue weighted by molar-refractivity contribution is -0.125. The SMILES string of the molecule is Cc1nn(C)c(N2CCC(C)(C(N)=O)C2)c1CNC(C)C. The van der Waals surface area contributed by atoms with E-state index in [-0.39, 0.29) is 5.91 Å². The normalized spacial score (nSPS) is 22.3. The maximum Gasteiger partial charge on any atom is 0.225 e. The molecule has 1 aromatic heterocycles. The summed E-state index contributed by atoms with van der Waals surface area (Å²) in [6.45, 7) is 10.5. The van der Waals surface area contributed by atoms with Gasteiger partial charge in [0.05, 0.1) is 11.1 Å². The van der Waals surface area contributed by atoms with Crippen LogP contribution in [0.1, 0.15) is 38.4 Å². The van der Waals surface area contributed by atoms with Gasteiger partial charge in [0.25, 0.3) is 0 Å². The van der Waals surface area contributed by atoms with Crippen LogP contribution in [0.15, 0.2) is 0 Å². The van der Waals surface area contributed by atoms with Gasteiger partial charge in [-0.15, -0.1) is 0 Å². The first-order valence-electron chi connectivity index (χ1n) is 7.55. The molecule has 1 aliphatic heterocycles. The highest BCUT2D eigenvalue weighted by atomic mass is 16.1. The van der Waals surface area contributed by atoms with Gasteiger partial charge in [0.15, 0.2) is 0 Å². The molecule has 1 aliphatic rings. The summed E-state index contributed by atoms with van der Waals surface area (Å²) in [6, 6.07) is 0.423. The van der Waals surface area contributed by atoms with E-state index < -0.39 is 5.41 Å². The van der Waals surface area contributed by atoms with Crippen molar-refractivity contribution in [2.75, 3.05) is 18.0 Å². The van der Waals surface area contributed by atoms with Gasteiger partial charge in [-0.25, -0.2) is 0 Å². The van der Waals surface area contributed by atoms with Gasteiger partial charge >= 0.3 is 0 Å². The summed E-state index contributed by atoms with van der Waals surface area (Å²) in [5.41, 5.74) is 7.35. The summed E-state index contributed by atoms with van der Waals surface area (Å²) in [5, 5.41) is 8.00. The van der Waals surface area contributed by atoms with Crippen molar-refractivity contribution in [2.24, 2.45) is 18.2 Å². The first-order chi connectivity index (χ1) is 9.74. The minimum absolute atomic E-state index is 0.217. The Morgan fingerprint density at radius 2 is 2.19 bits per heavy atom. The Morgan fingerprint density at radius 3 is 2.71 bits per heavy atom. The van der Waals surface area contributed by atoms with E-state index in [0.717, 1.165) is 31.0 Å². The molecule has 118 valence electrons. The second-order valence-corrected chi connectivity index (χ2v) is 6.64. The third-order valence-electron chi connectivity index (χ3n) is 4.37.